The van der Waals surface area contributed by atoms with E-state index in [2.05, 4.69) is 28.9 Å². The first-order chi connectivity index (χ1) is 14.4. The molecule has 1 aliphatic rings. The molecular formula is C23H26N4O2S. The molecule has 1 aromatic heterocycles. The first-order valence-electron chi connectivity index (χ1n) is 10.1. The minimum Gasteiger partial charge on any atom is -0.354 e. The average Bonchev–Trinajstić information content (AvgIpc) is 2.77. The zero-order valence-corrected chi connectivity index (χ0v) is 18.4. The van der Waals surface area contributed by atoms with Gasteiger partial charge >= 0.3 is 0 Å². The fraction of sp³-hybridized carbons (Fsp3) is 0.304. The number of rotatable bonds is 4. The lowest BCUT2D eigenvalue weighted by atomic mass is 10.1. The summed E-state index contributed by atoms with van der Waals surface area (Å²) in [5.74, 6) is 1.59. The van der Waals surface area contributed by atoms with E-state index in [4.69, 9.17) is 4.98 Å². The molecule has 2 aromatic carbocycles. The highest BCUT2D eigenvalue weighted by atomic mass is 32.2. The van der Waals surface area contributed by atoms with Gasteiger partial charge in [0.1, 0.15) is 5.82 Å². The number of nitrogens with zero attached hydrogens (tertiary/aromatic N) is 4. The van der Waals surface area contributed by atoms with Crippen LogP contribution in [0.25, 0.3) is 11.4 Å². The minimum absolute atomic E-state index is 0.342. The van der Waals surface area contributed by atoms with Crippen LogP contribution < -0.4 is 4.90 Å². The number of hydrogen-bond donors (Lipinski definition) is 0. The molecule has 0 amide bonds. The molecule has 6 nitrogen and oxygen atoms in total. The Balaban J connectivity index is 1.57. The van der Waals surface area contributed by atoms with E-state index in [-0.39, 0.29) is 0 Å². The Kier molecular flexibility index (Phi) is 5.58. The smallest absolute Gasteiger partial charge is 0.243 e. The second-order valence-corrected chi connectivity index (χ2v) is 9.59. The molecule has 0 atom stereocenters. The Morgan fingerprint density at radius 2 is 1.43 bits per heavy atom. The topological polar surface area (TPSA) is 66.4 Å². The van der Waals surface area contributed by atoms with Crippen LogP contribution in [0.4, 0.5) is 5.82 Å². The molecule has 0 N–H and O–H groups in total. The van der Waals surface area contributed by atoms with E-state index in [0.717, 1.165) is 22.6 Å². The van der Waals surface area contributed by atoms with Gasteiger partial charge in [-0.1, -0.05) is 48.0 Å². The summed E-state index contributed by atoms with van der Waals surface area (Å²) in [4.78, 5) is 12.0. The first-order valence-corrected chi connectivity index (χ1v) is 11.5. The molecule has 0 unspecified atom stereocenters. The third-order valence-corrected chi connectivity index (χ3v) is 7.51. The predicted octanol–water partition coefficient (Wildman–Crippen LogP) is 3.58. The van der Waals surface area contributed by atoms with Crippen molar-refractivity contribution in [2.24, 2.45) is 0 Å². The molecule has 1 fully saturated rings. The molecule has 156 valence electrons. The quantitative estimate of drug-likeness (QED) is 0.643. The van der Waals surface area contributed by atoms with Gasteiger partial charge in [0.15, 0.2) is 5.82 Å². The molecule has 2 heterocycles. The van der Waals surface area contributed by atoms with Crippen molar-refractivity contribution in [3.8, 4) is 11.4 Å². The molecule has 4 rings (SSSR count). The number of benzene rings is 2. The lowest BCUT2D eigenvalue weighted by molar-refractivity contribution is 0.383. The monoisotopic (exact) mass is 422 g/mol. The Bertz CT molecular complexity index is 1140. The summed E-state index contributed by atoms with van der Waals surface area (Å²) in [5.41, 5.74) is 4.15. The van der Waals surface area contributed by atoms with Crippen LogP contribution in [0.3, 0.4) is 0 Å². The molecule has 0 radical (unpaired) electrons. The van der Waals surface area contributed by atoms with Gasteiger partial charge in [-0.2, -0.15) is 4.31 Å². The van der Waals surface area contributed by atoms with Crippen LogP contribution in [0, 0.1) is 20.8 Å². The molecule has 3 aromatic rings. The van der Waals surface area contributed by atoms with Crippen LogP contribution >= 0.6 is 0 Å². The van der Waals surface area contributed by atoms with Crippen molar-refractivity contribution in [1.82, 2.24) is 14.3 Å². The summed E-state index contributed by atoms with van der Waals surface area (Å²) in [7, 11) is -3.47. The highest BCUT2D eigenvalue weighted by Crippen LogP contribution is 2.26. The highest BCUT2D eigenvalue weighted by molar-refractivity contribution is 7.89. The molecule has 7 heteroatoms. The maximum absolute atomic E-state index is 12.9. The predicted molar refractivity (Wildman–Crippen MR) is 119 cm³/mol. The summed E-state index contributed by atoms with van der Waals surface area (Å²) in [6.45, 7) is 8.12. The van der Waals surface area contributed by atoms with Gasteiger partial charge in [-0.15, -0.1) is 0 Å². The normalized spacial score (nSPS) is 15.4. The second kappa shape index (κ2) is 8.16. The van der Waals surface area contributed by atoms with Crippen molar-refractivity contribution in [2.45, 2.75) is 25.7 Å². The zero-order chi connectivity index (χ0) is 21.3. The number of hydrogen-bond acceptors (Lipinski definition) is 5. The average molecular weight is 423 g/mol. The van der Waals surface area contributed by atoms with Gasteiger partial charge in [-0.25, -0.2) is 18.4 Å². The van der Waals surface area contributed by atoms with Crippen LogP contribution in [-0.2, 0) is 10.0 Å². The Labute approximate surface area is 178 Å². The van der Waals surface area contributed by atoms with E-state index >= 15 is 0 Å². The molecule has 0 spiro atoms. The number of sulfonamides is 1. The molecule has 0 aliphatic carbocycles. The Morgan fingerprint density at radius 1 is 0.800 bits per heavy atom. The van der Waals surface area contributed by atoms with Crippen LogP contribution in [0.15, 0.2) is 59.5 Å². The number of piperazine rings is 1. The van der Waals surface area contributed by atoms with E-state index in [1.165, 1.54) is 5.56 Å². The van der Waals surface area contributed by atoms with Crippen molar-refractivity contribution < 1.29 is 8.42 Å². The van der Waals surface area contributed by atoms with Crippen molar-refractivity contribution in [2.75, 3.05) is 31.1 Å². The Morgan fingerprint density at radius 3 is 2.07 bits per heavy atom. The van der Waals surface area contributed by atoms with E-state index in [1.54, 1.807) is 28.6 Å². The van der Waals surface area contributed by atoms with Gasteiger partial charge in [-0.3, -0.25) is 0 Å². The maximum atomic E-state index is 12.9. The summed E-state index contributed by atoms with van der Waals surface area (Å²) < 4.78 is 27.4. The van der Waals surface area contributed by atoms with Gasteiger partial charge in [0.25, 0.3) is 0 Å². The number of aromatic nitrogens is 2. The molecule has 0 bridgehead atoms. The van der Waals surface area contributed by atoms with Crippen molar-refractivity contribution in [3.05, 3.63) is 71.4 Å². The fourth-order valence-corrected chi connectivity index (χ4v) is 5.08. The zero-order valence-electron chi connectivity index (χ0n) is 17.5. The van der Waals surface area contributed by atoms with Gasteiger partial charge in [0.05, 0.1) is 4.90 Å². The van der Waals surface area contributed by atoms with E-state index in [0.29, 0.717) is 36.9 Å². The molecule has 1 saturated heterocycles. The lowest BCUT2D eigenvalue weighted by Crippen LogP contribution is -2.49. The number of anilines is 1. The van der Waals surface area contributed by atoms with Gasteiger partial charge in [0.2, 0.25) is 10.0 Å². The van der Waals surface area contributed by atoms with Gasteiger partial charge in [0, 0.05) is 43.0 Å². The SMILES string of the molecule is Cc1ccc(-c2nc(C)c(C)c(N3CCN(S(=O)(=O)c4ccccc4)CC3)n2)cc1. The Hall–Kier alpha value is -2.77. The van der Waals surface area contributed by atoms with Crippen LogP contribution in [0.2, 0.25) is 0 Å². The van der Waals surface area contributed by atoms with Gasteiger partial charge < -0.3 is 4.90 Å². The van der Waals surface area contributed by atoms with Crippen molar-refractivity contribution in [3.63, 3.8) is 0 Å². The summed E-state index contributed by atoms with van der Waals surface area (Å²) in [6.07, 6.45) is 0. The summed E-state index contributed by atoms with van der Waals surface area (Å²) >= 11 is 0. The summed E-state index contributed by atoms with van der Waals surface area (Å²) in [6, 6.07) is 16.8. The van der Waals surface area contributed by atoms with E-state index < -0.39 is 10.0 Å². The van der Waals surface area contributed by atoms with Crippen molar-refractivity contribution in [1.29, 1.82) is 0 Å². The van der Waals surface area contributed by atoms with Crippen molar-refractivity contribution >= 4 is 15.8 Å². The third kappa shape index (κ3) is 3.95. The lowest BCUT2D eigenvalue weighted by Gasteiger charge is -2.35. The van der Waals surface area contributed by atoms with Crippen LogP contribution in [-0.4, -0.2) is 48.9 Å². The molecule has 30 heavy (non-hydrogen) atoms. The molecule has 1 aliphatic heterocycles. The van der Waals surface area contributed by atoms with E-state index in [9.17, 15) is 8.42 Å². The standard InChI is InChI=1S/C23H26N4O2S/c1-17-9-11-20(12-10-17)22-24-19(3)18(2)23(25-22)26-13-15-27(16-14-26)30(28,29)21-7-5-4-6-8-21/h4-12H,13-16H2,1-3H3. The molecule has 0 saturated carbocycles. The second-order valence-electron chi connectivity index (χ2n) is 7.65. The minimum atomic E-state index is -3.47. The fourth-order valence-electron chi connectivity index (χ4n) is 3.64. The first kappa shape index (κ1) is 20.5. The molecular weight excluding hydrogens is 396 g/mol. The summed E-state index contributed by atoms with van der Waals surface area (Å²) in [5, 5.41) is 0. The van der Waals surface area contributed by atoms with Crippen LogP contribution in [0.1, 0.15) is 16.8 Å². The third-order valence-electron chi connectivity index (χ3n) is 5.59. The van der Waals surface area contributed by atoms with Gasteiger partial charge in [-0.05, 0) is 32.9 Å². The number of aryl methyl sites for hydroxylation is 2. The van der Waals surface area contributed by atoms with E-state index in [1.807, 2.05) is 32.0 Å². The van der Waals surface area contributed by atoms with Crippen LogP contribution in [0.5, 0.6) is 0 Å². The highest BCUT2D eigenvalue weighted by Gasteiger charge is 2.29. The largest absolute Gasteiger partial charge is 0.354 e. The maximum Gasteiger partial charge on any atom is 0.243 e.